The van der Waals surface area contributed by atoms with Crippen LogP contribution in [0.3, 0.4) is 0 Å². The van der Waals surface area contributed by atoms with Crippen molar-refractivity contribution >= 4 is 23.4 Å². The minimum atomic E-state index is -1.18. The second-order valence-corrected chi connectivity index (χ2v) is 8.87. The van der Waals surface area contributed by atoms with Gasteiger partial charge in [-0.05, 0) is 49.7 Å². The van der Waals surface area contributed by atoms with E-state index in [2.05, 4.69) is 10.2 Å². The van der Waals surface area contributed by atoms with Gasteiger partial charge in [0.25, 0.3) is 5.91 Å². The van der Waals surface area contributed by atoms with Crippen LogP contribution in [-0.4, -0.2) is 58.1 Å². The fourth-order valence-electron chi connectivity index (χ4n) is 5.40. The van der Waals surface area contributed by atoms with Crippen molar-refractivity contribution in [2.45, 2.75) is 56.9 Å². The van der Waals surface area contributed by atoms with Gasteiger partial charge >= 0.3 is 0 Å². The van der Waals surface area contributed by atoms with Gasteiger partial charge in [-0.2, -0.15) is 0 Å². The van der Waals surface area contributed by atoms with Crippen molar-refractivity contribution in [3.05, 3.63) is 29.3 Å². The lowest BCUT2D eigenvalue weighted by atomic mass is 9.61. The summed E-state index contributed by atoms with van der Waals surface area (Å²) >= 11 is 0. The molecule has 2 saturated heterocycles. The normalized spacial score (nSPS) is 29.1. The molecule has 3 amide bonds. The Kier molecular flexibility index (Phi) is 4.18. The minimum absolute atomic E-state index is 0.152. The van der Waals surface area contributed by atoms with E-state index < -0.39 is 18.2 Å². The largest absolute Gasteiger partial charge is 0.393 e. The lowest BCUT2D eigenvalue weighted by molar-refractivity contribution is -0.139. The SMILES string of the molecule is O=C1CCC(N2C(=O)c3cc(N4CCC5(CC4)CC(O)C5)ccc3C2O)C(=O)N1. The molecule has 0 radical (unpaired) electrons. The standard InChI is InChI=1S/C21H25N3O5/c25-13-10-21(11-13)5-7-23(8-6-21)12-1-2-14-15(9-12)20(29)24(19(14)28)16-3-4-17(26)22-18(16)27/h1-2,9,13,16,19,25,28H,3-8,10-11H2,(H,22,26,27). The first-order valence-electron chi connectivity index (χ1n) is 10.3. The number of nitrogens with one attached hydrogen (secondary N) is 1. The molecule has 3 N–H and O–H groups in total. The summed E-state index contributed by atoms with van der Waals surface area (Å²) < 4.78 is 0. The molecule has 154 valence electrons. The summed E-state index contributed by atoms with van der Waals surface area (Å²) in [6, 6.07) is 4.64. The smallest absolute Gasteiger partial charge is 0.257 e. The summed E-state index contributed by atoms with van der Waals surface area (Å²) in [6.45, 7) is 1.75. The summed E-state index contributed by atoms with van der Waals surface area (Å²) in [7, 11) is 0. The van der Waals surface area contributed by atoms with Gasteiger partial charge < -0.3 is 15.1 Å². The van der Waals surface area contributed by atoms with Gasteiger partial charge in [-0.3, -0.25) is 24.6 Å². The molecule has 1 spiro atoms. The van der Waals surface area contributed by atoms with E-state index in [0.717, 1.165) is 44.5 Å². The first kappa shape index (κ1) is 18.6. The van der Waals surface area contributed by atoms with Crippen molar-refractivity contribution < 1.29 is 24.6 Å². The zero-order valence-electron chi connectivity index (χ0n) is 16.1. The van der Waals surface area contributed by atoms with Crippen LogP contribution < -0.4 is 10.2 Å². The van der Waals surface area contributed by atoms with E-state index in [0.29, 0.717) is 11.1 Å². The van der Waals surface area contributed by atoms with Crippen LogP contribution in [0.4, 0.5) is 5.69 Å². The highest BCUT2D eigenvalue weighted by atomic mass is 16.3. The van der Waals surface area contributed by atoms with Gasteiger partial charge in [0.05, 0.1) is 6.10 Å². The molecular formula is C21H25N3O5. The Morgan fingerprint density at radius 3 is 2.45 bits per heavy atom. The first-order chi connectivity index (χ1) is 13.9. The third-order valence-electron chi connectivity index (χ3n) is 7.12. The molecule has 1 aliphatic carbocycles. The number of rotatable bonds is 2. The first-order valence-corrected chi connectivity index (χ1v) is 10.3. The second-order valence-electron chi connectivity index (χ2n) is 8.87. The average molecular weight is 399 g/mol. The van der Waals surface area contributed by atoms with Gasteiger partial charge in [0.2, 0.25) is 11.8 Å². The quantitative estimate of drug-likeness (QED) is 0.631. The third kappa shape index (κ3) is 2.93. The fraction of sp³-hybridized carbons (Fsp3) is 0.571. The maximum absolute atomic E-state index is 13.0. The van der Waals surface area contributed by atoms with E-state index in [1.165, 1.54) is 4.90 Å². The molecule has 4 aliphatic rings. The van der Waals surface area contributed by atoms with Crippen molar-refractivity contribution in [3.8, 4) is 0 Å². The molecule has 3 heterocycles. The van der Waals surface area contributed by atoms with Crippen LogP contribution in [0.5, 0.6) is 0 Å². The molecule has 29 heavy (non-hydrogen) atoms. The van der Waals surface area contributed by atoms with Crippen LogP contribution in [-0.2, 0) is 9.59 Å². The lowest BCUT2D eigenvalue weighted by Gasteiger charge is -2.51. The molecule has 3 aliphatic heterocycles. The number of aliphatic hydroxyl groups excluding tert-OH is 2. The van der Waals surface area contributed by atoms with Crippen LogP contribution in [0, 0.1) is 5.41 Å². The van der Waals surface area contributed by atoms with Crippen LogP contribution in [0.25, 0.3) is 0 Å². The summed E-state index contributed by atoms with van der Waals surface area (Å²) in [5, 5.41) is 22.6. The summed E-state index contributed by atoms with van der Waals surface area (Å²) in [5.41, 5.74) is 2.13. The van der Waals surface area contributed by atoms with Crippen molar-refractivity contribution in [3.63, 3.8) is 0 Å². The van der Waals surface area contributed by atoms with Gasteiger partial charge in [0, 0.05) is 36.3 Å². The number of hydrogen-bond donors (Lipinski definition) is 3. The van der Waals surface area contributed by atoms with E-state index in [9.17, 15) is 24.6 Å². The highest BCUT2D eigenvalue weighted by Crippen LogP contribution is 2.49. The van der Waals surface area contributed by atoms with Crippen LogP contribution in [0.15, 0.2) is 18.2 Å². The maximum atomic E-state index is 13.0. The van der Waals surface area contributed by atoms with Crippen LogP contribution >= 0.6 is 0 Å². The molecule has 5 rings (SSSR count). The molecule has 0 bridgehead atoms. The number of carbonyl (C=O) groups is 3. The van der Waals surface area contributed by atoms with Gasteiger partial charge in [-0.25, -0.2) is 0 Å². The second kappa shape index (κ2) is 6.53. The summed E-state index contributed by atoms with van der Waals surface area (Å²) in [4.78, 5) is 40.1. The molecule has 0 aromatic heterocycles. The van der Waals surface area contributed by atoms with Crippen molar-refractivity contribution in [1.29, 1.82) is 0 Å². The predicted octanol–water partition coefficient (Wildman–Crippen LogP) is 0.680. The number of imide groups is 1. The van der Waals surface area contributed by atoms with E-state index in [4.69, 9.17) is 0 Å². The third-order valence-corrected chi connectivity index (χ3v) is 7.12. The Morgan fingerprint density at radius 1 is 1.07 bits per heavy atom. The average Bonchev–Trinajstić information content (AvgIpc) is 2.92. The predicted molar refractivity (Wildman–Crippen MR) is 103 cm³/mol. The van der Waals surface area contributed by atoms with Gasteiger partial charge in [-0.15, -0.1) is 0 Å². The number of anilines is 1. The van der Waals surface area contributed by atoms with Crippen LogP contribution in [0.1, 0.15) is 60.7 Å². The van der Waals surface area contributed by atoms with E-state index >= 15 is 0 Å². The molecule has 1 aromatic carbocycles. The highest BCUT2D eigenvalue weighted by Gasteiger charge is 2.46. The van der Waals surface area contributed by atoms with E-state index in [1.54, 1.807) is 12.1 Å². The summed E-state index contributed by atoms with van der Waals surface area (Å²) in [6.07, 6.45) is 2.86. The highest BCUT2D eigenvalue weighted by molar-refractivity contribution is 6.06. The van der Waals surface area contributed by atoms with Crippen LogP contribution in [0.2, 0.25) is 0 Å². The Hall–Kier alpha value is -2.45. The Morgan fingerprint density at radius 2 is 1.79 bits per heavy atom. The molecule has 2 atom stereocenters. The number of benzene rings is 1. The Balaban J connectivity index is 1.34. The molecule has 2 unspecified atom stereocenters. The minimum Gasteiger partial charge on any atom is -0.393 e. The zero-order valence-corrected chi connectivity index (χ0v) is 16.1. The van der Waals surface area contributed by atoms with Crippen molar-refractivity contribution in [2.24, 2.45) is 5.41 Å². The Labute approximate surface area is 168 Å². The number of carbonyl (C=O) groups excluding carboxylic acids is 3. The molecule has 1 saturated carbocycles. The topological polar surface area (TPSA) is 110 Å². The van der Waals surface area contributed by atoms with Gasteiger partial charge in [0.15, 0.2) is 6.23 Å². The van der Waals surface area contributed by atoms with Crippen molar-refractivity contribution in [1.82, 2.24) is 10.2 Å². The molecule has 8 heteroatoms. The number of aliphatic hydroxyl groups is 2. The van der Waals surface area contributed by atoms with Gasteiger partial charge in [0.1, 0.15) is 6.04 Å². The molecular weight excluding hydrogens is 374 g/mol. The number of fused-ring (bicyclic) bond motifs is 1. The van der Waals surface area contributed by atoms with E-state index in [1.807, 2.05) is 6.07 Å². The summed E-state index contributed by atoms with van der Waals surface area (Å²) in [5.74, 6) is -1.26. The molecule has 8 nitrogen and oxygen atoms in total. The number of amides is 3. The van der Waals surface area contributed by atoms with Crippen molar-refractivity contribution in [2.75, 3.05) is 18.0 Å². The maximum Gasteiger partial charge on any atom is 0.257 e. The lowest BCUT2D eigenvalue weighted by Crippen LogP contribution is -2.53. The number of piperidine rings is 2. The monoisotopic (exact) mass is 399 g/mol. The number of hydrogen-bond acceptors (Lipinski definition) is 6. The zero-order chi connectivity index (χ0) is 20.3. The Bertz CT molecular complexity index is 884. The van der Waals surface area contributed by atoms with E-state index in [-0.39, 0.29) is 36.2 Å². The number of nitrogens with zero attached hydrogens (tertiary/aromatic N) is 2. The van der Waals surface area contributed by atoms with Gasteiger partial charge in [-0.1, -0.05) is 6.07 Å². The molecule has 3 fully saturated rings. The fourth-order valence-corrected chi connectivity index (χ4v) is 5.40. The molecule has 1 aromatic rings.